The summed E-state index contributed by atoms with van der Waals surface area (Å²) < 4.78 is 0. The number of phenolic OH excluding ortho intramolecular Hbond substituents is 2. The van der Waals surface area contributed by atoms with Crippen LogP contribution in [-0.2, 0) is 0 Å². The summed E-state index contributed by atoms with van der Waals surface area (Å²) >= 11 is 0. The smallest absolute Gasteiger partial charge is 0.157 e. The fourth-order valence-corrected chi connectivity index (χ4v) is 2.08. The molecule has 1 aromatic carbocycles. The second-order valence-electron chi connectivity index (χ2n) is 4.21. The van der Waals surface area contributed by atoms with Gasteiger partial charge in [0, 0.05) is 32.2 Å². The number of benzene rings is 1. The van der Waals surface area contributed by atoms with E-state index in [1.807, 2.05) is 6.07 Å². The Labute approximate surface area is 95.5 Å². The molecule has 0 saturated carbocycles. The third-order valence-electron chi connectivity index (χ3n) is 3.18. The maximum atomic E-state index is 9.47. The molecule has 1 saturated heterocycles. The lowest BCUT2D eigenvalue weighted by Crippen LogP contribution is -2.44. The molecule has 0 aromatic heterocycles. The predicted molar refractivity (Wildman–Crippen MR) is 62.6 cm³/mol. The van der Waals surface area contributed by atoms with Crippen molar-refractivity contribution in [2.24, 2.45) is 0 Å². The fraction of sp³-hybridized carbons (Fsp3) is 0.500. The number of nitrogens with zero attached hydrogens (tertiary/aromatic N) is 1. The van der Waals surface area contributed by atoms with E-state index in [0.29, 0.717) is 0 Å². The van der Waals surface area contributed by atoms with E-state index in [9.17, 15) is 10.2 Å². The van der Waals surface area contributed by atoms with Gasteiger partial charge in [-0.15, -0.1) is 0 Å². The quantitative estimate of drug-likeness (QED) is 0.655. The summed E-state index contributed by atoms with van der Waals surface area (Å²) in [7, 11) is 0. The molecule has 2 rings (SSSR count). The average molecular weight is 222 g/mol. The molecule has 3 N–H and O–H groups in total. The van der Waals surface area contributed by atoms with Gasteiger partial charge in [0.05, 0.1) is 0 Å². The number of nitrogens with one attached hydrogen (secondary N) is 1. The topological polar surface area (TPSA) is 55.7 Å². The van der Waals surface area contributed by atoms with Gasteiger partial charge >= 0.3 is 0 Å². The molecule has 4 nitrogen and oxygen atoms in total. The van der Waals surface area contributed by atoms with Crippen molar-refractivity contribution in [2.75, 3.05) is 26.2 Å². The molecule has 0 bridgehead atoms. The van der Waals surface area contributed by atoms with E-state index in [4.69, 9.17) is 0 Å². The number of phenols is 2. The first kappa shape index (κ1) is 11.2. The number of piperazine rings is 1. The highest BCUT2D eigenvalue weighted by Crippen LogP contribution is 2.29. The molecule has 0 spiro atoms. The summed E-state index contributed by atoms with van der Waals surface area (Å²) in [5, 5.41) is 22.0. The van der Waals surface area contributed by atoms with Crippen molar-refractivity contribution in [1.82, 2.24) is 10.2 Å². The molecule has 16 heavy (non-hydrogen) atoms. The minimum Gasteiger partial charge on any atom is -0.504 e. The van der Waals surface area contributed by atoms with Crippen LogP contribution >= 0.6 is 0 Å². The molecule has 0 amide bonds. The van der Waals surface area contributed by atoms with Crippen LogP contribution in [0.2, 0.25) is 0 Å². The van der Waals surface area contributed by atoms with Gasteiger partial charge in [0.25, 0.3) is 0 Å². The van der Waals surface area contributed by atoms with Gasteiger partial charge in [-0.2, -0.15) is 0 Å². The van der Waals surface area contributed by atoms with Crippen molar-refractivity contribution in [1.29, 1.82) is 0 Å². The Kier molecular flexibility index (Phi) is 3.31. The van der Waals surface area contributed by atoms with Gasteiger partial charge in [-0.05, 0) is 24.6 Å². The molecular formula is C12H18N2O2. The lowest BCUT2D eigenvalue weighted by molar-refractivity contribution is 0.185. The molecule has 0 unspecified atom stereocenters. The minimum absolute atomic E-state index is 0.0421. The Morgan fingerprint density at radius 1 is 1.19 bits per heavy atom. The molecule has 1 heterocycles. The van der Waals surface area contributed by atoms with E-state index in [1.165, 1.54) is 0 Å². The van der Waals surface area contributed by atoms with Crippen molar-refractivity contribution < 1.29 is 10.2 Å². The molecule has 1 aromatic rings. The maximum absolute atomic E-state index is 9.47. The Morgan fingerprint density at radius 2 is 1.88 bits per heavy atom. The largest absolute Gasteiger partial charge is 0.504 e. The third-order valence-corrected chi connectivity index (χ3v) is 3.18. The van der Waals surface area contributed by atoms with Crippen LogP contribution in [0.4, 0.5) is 0 Å². The number of hydrogen-bond acceptors (Lipinski definition) is 4. The highest BCUT2D eigenvalue weighted by Gasteiger charge is 2.18. The van der Waals surface area contributed by atoms with Crippen LogP contribution < -0.4 is 5.32 Å². The van der Waals surface area contributed by atoms with Gasteiger partial charge in [-0.3, -0.25) is 4.90 Å². The Bertz CT molecular complexity index is 362. The Morgan fingerprint density at radius 3 is 2.50 bits per heavy atom. The summed E-state index contributed by atoms with van der Waals surface area (Å²) in [5.41, 5.74) is 1.04. The van der Waals surface area contributed by atoms with Gasteiger partial charge in [0.2, 0.25) is 0 Å². The van der Waals surface area contributed by atoms with Crippen LogP contribution in [0.3, 0.4) is 0 Å². The van der Waals surface area contributed by atoms with E-state index in [1.54, 1.807) is 12.1 Å². The molecule has 1 fully saturated rings. The van der Waals surface area contributed by atoms with Crippen molar-refractivity contribution in [3.05, 3.63) is 23.8 Å². The van der Waals surface area contributed by atoms with Crippen LogP contribution in [0, 0.1) is 0 Å². The normalized spacial score (nSPS) is 19.6. The Hall–Kier alpha value is -1.26. The monoisotopic (exact) mass is 222 g/mol. The second-order valence-corrected chi connectivity index (χ2v) is 4.21. The van der Waals surface area contributed by atoms with Crippen LogP contribution in [0.5, 0.6) is 11.5 Å². The zero-order chi connectivity index (χ0) is 11.5. The molecule has 4 heteroatoms. The highest BCUT2D eigenvalue weighted by molar-refractivity contribution is 5.41. The SMILES string of the molecule is C[C@@H](c1ccc(O)c(O)c1)N1CCNCC1. The zero-order valence-electron chi connectivity index (χ0n) is 9.48. The van der Waals surface area contributed by atoms with Crippen molar-refractivity contribution in [3.8, 4) is 11.5 Å². The van der Waals surface area contributed by atoms with Gasteiger partial charge < -0.3 is 15.5 Å². The van der Waals surface area contributed by atoms with Crippen LogP contribution in [-0.4, -0.2) is 41.3 Å². The van der Waals surface area contributed by atoms with E-state index in [0.717, 1.165) is 31.7 Å². The average Bonchev–Trinajstić information content (AvgIpc) is 2.33. The molecule has 1 atom stereocenters. The predicted octanol–water partition coefficient (Wildman–Crippen LogP) is 1.06. The zero-order valence-corrected chi connectivity index (χ0v) is 9.48. The van der Waals surface area contributed by atoms with E-state index in [-0.39, 0.29) is 17.5 Å². The standard InChI is InChI=1S/C12H18N2O2/c1-9(14-6-4-13-5-7-14)10-2-3-11(15)12(16)8-10/h2-3,8-9,13,15-16H,4-7H2,1H3/t9-/m0/s1. The van der Waals surface area contributed by atoms with Crippen LogP contribution in [0.15, 0.2) is 18.2 Å². The lowest BCUT2D eigenvalue weighted by Gasteiger charge is -2.33. The summed E-state index contributed by atoms with van der Waals surface area (Å²) in [6.45, 7) is 6.17. The maximum Gasteiger partial charge on any atom is 0.157 e. The van der Waals surface area contributed by atoms with Crippen molar-refractivity contribution in [3.63, 3.8) is 0 Å². The van der Waals surface area contributed by atoms with Gasteiger partial charge in [-0.1, -0.05) is 6.07 Å². The number of hydrogen-bond donors (Lipinski definition) is 3. The highest BCUT2D eigenvalue weighted by atomic mass is 16.3. The fourth-order valence-electron chi connectivity index (χ4n) is 2.08. The third kappa shape index (κ3) is 2.28. The first-order chi connectivity index (χ1) is 7.68. The van der Waals surface area contributed by atoms with Gasteiger partial charge in [0.1, 0.15) is 0 Å². The van der Waals surface area contributed by atoms with E-state index >= 15 is 0 Å². The van der Waals surface area contributed by atoms with E-state index < -0.39 is 0 Å². The molecule has 0 radical (unpaired) electrons. The molecule has 88 valence electrons. The second kappa shape index (κ2) is 4.72. The molecule has 1 aliphatic heterocycles. The number of rotatable bonds is 2. The van der Waals surface area contributed by atoms with Crippen LogP contribution in [0.1, 0.15) is 18.5 Å². The van der Waals surface area contributed by atoms with E-state index in [2.05, 4.69) is 17.1 Å². The molecular weight excluding hydrogens is 204 g/mol. The summed E-state index contributed by atoms with van der Waals surface area (Å²) in [4.78, 5) is 2.36. The molecule has 0 aliphatic carbocycles. The van der Waals surface area contributed by atoms with Crippen molar-refractivity contribution in [2.45, 2.75) is 13.0 Å². The lowest BCUT2D eigenvalue weighted by atomic mass is 10.1. The first-order valence-electron chi connectivity index (χ1n) is 5.65. The van der Waals surface area contributed by atoms with Gasteiger partial charge in [0.15, 0.2) is 11.5 Å². The molecule has 1 aliphatic rings. The van der Waals surface area contributed by atoms with Gasteiger partial charge in [-0.25, -0.2) is 0 Å². The summed E-state index contributed by atoms with van der Waals surface area (Å²) in [6, 6.07) is 5.32. The minimum atomic E-state index is -0.0590. The summed E-state index contributed by atoms with van der Waals surface area (Å²) in [5.74, 6) is -0.101. The first-order valence-corrected chi connectivity index (χ1v) is 5.65. The van der Waals surface area contributed by atoms with Crippen LogP contribution in [0.25, 0.3) is 0 Å². The Balaban J connectivity index is 2.12. The number of aromatic hydroxyl groups is 2. The van der Waals surface area contributed by atoms with Crippen molar-refractivity contribution >= 4 is 0 Å². The summed E-state index contributed by atoms with van der Waals surface area (Å²) in [6.07, 6.45) is 0.